The Bertz CT molecular complexity index is 825. The molecule has 1 unspecified atom stereocenters. The van der Waals surface area contributed by atoms with Gasteiger partial charge in [-0.2, -0.15) is 15.6 Å². The third kappa shape index (κ3) is 2.61. The number of hydrogen-bond donors (Lipinski definition) is 1. The Morgan fingerprint density at radius 1 is 1.32 bits per heavy atom. The second kappa shape index (κ2) is 5.82. The first-order chi connectivity index (χ1) is 10.7. The van der Waals surface area contributed by atoms with Crippen LogP contribution in [0.2, 0.25) is 0 Å². The number of nitrogens with one attached hydrogen (secondary N) is 1. The van der Waals surface area contributed by atoms with Crippen molar-refractivity contribution in [2.75, 3.05) is 0 Å². The van der Waals surface area contributed by atoms with E-state index in [4.69, 9.17) is 5.26 Å². The van der Waals surface area contributed by atoms with Crippen LogP contribution >= 0.6 is 0 Å². The number of nitrogens with zero attached hydrogens (tertiary/aromatic N) is 4. The fourth-order valence-electron chi connectivity index (χ4n) is 2.39. The van der Waals surface area contributed by atoms with Crippen LogP contribution in [-0.4, -0.2) is 20.0 Å². The minimum Gasteiger partial charge on any atom is -0.342 e. The van der Waals surface area contributed by atoms with E-state index in [-0.39, 0.29) is 5.69 Å². The van der Waals surface area contributed by atoms with Gasteiger partial charge in [0.2, 0.25) is 0 Å². The number of benzene rings is 1. The highest BCUT2D eigenvalue weighted by atomic mass is 19.1. The topological polar surface area (TPSA) is 70.3 Å². The van der Waals surface area contributed by atoms with E-state index in [1.54, 1.807) is 6.07 Å². The molecule has 3 aromatic rings. The fraction of sp³-hybridized carbons (Fsp3) is 0.188. The lowest BCUT2D eigenvalue weighted by Gasteiger charge is -2.10. The highest BCUT2D eigenvalue weighted by Crippen LogP contribution is 2.22. The molecule has 1 atom stereocenters. The van der Waals surface area contributed by atoms with Crippen LogP contribution < -0.4 is 0 Å². The first-order valence-corrected chi connectivity index (χ1v) is 6.88. The predicted molar refractivity (Wildman–Crippen MR) is 79.6 cm³/mol. The summed E-state index contributed by atoms with van der Waals surface area (Å²) < 4.78 is 15.4. The molecule has 0 aliphatic rings. The smallest absolute Gasteiger partial charge is 0.191 e. The van der Waals surface area contributed by atoms with Crippen molar-refractivity contribution in [1.29, 1.82) is 5.26 Å². The van der Waals surface area contributed by atoms with Gasteiger partial charge in [0.1, 0.15) is 17.9 Å². The molecule has 110 valence electrons. The van der Waals surface area contributed by atoms with Crippen molar-refractivity contribution in [3.05, 3.63) is 59.4 Å². The van der Waals surface area contributed by atoms with Crippen molar-refractivity contribution in [3.63, 3.8) is 0 Å². The lowest BCUT2D eigenvalue weighted by molar-refractivity contribution is 0.374. The molecule has 0 saturated carbocycles. The van der Waals surface area contributed by atoms with Crippen molar-refractivity contribution in [2.45, 2.75) is 19.6 Å². The van der Waals surface area contributed by atoms with E-state index in [1.807, 2.05) is 47.2 Å². The Balaban J connectivity index is 1.94. The Morgan fingerprint density at radius 3 is 2.95 bits per heavy atom. The number of alkyl halides is 1. The van der Waals surface area contributed by atoms with Gasteiger partial charge >= 0.3 is 0 Å². The Hall–Kier alpha value is -2.94. The quantitative estimate of drug-likeness (QED) is 0.803. The van der Waals surface area contributed by atoms with E-state index in [9.17, 15) is 4.39 Å². The zero-order valence-corrected chi connectivity index (χ0v) is 12.0. The molecule has 22 heavy (non-hydrogen) atoms. The lowest BCUT2D eigenvalue weighted by atomic mass is 10.1. The van der Waals surface area contributed by atoms with Crippen LogP contribution in [0.15, 0.2) is 42.6 Å². The summed E-state index contributed by atoms with van der Waals surface area (Å²) in [6.45, 7) is 2.09. The molecule has 2 aromatic heterocycles. The largest absolute Gasteiger partial charge is 0.342 e. The van der Waals surface area contributed by atoms with Gasteiger partial charge in [0.25, 0.3) is 0 Å². The molecule has 5 nitrogen and oxygen atoms in total. The maximum absolute atomic E-state index is 13.4. The van der Waals surface area contributed by atoms with Gasteiger partial charge < -0.3 is 4.57 Å². The van der Waals surface area contributed by atoms with Crippen LogP contribution in [0.3, 0.4) is 0 Å². The standard InChI is InChI=1S/C16H14FN5/c1-11(17)13-5-2-4-12(8-13)10-22-7-3-6-15(22)16-14(9-18)19-21-20-16/h2-8,11H,10H2,1H3,(H,19,20,21). The normalized spacial score (nSPS) is 12.0. The molecule has 3 rings (SSSR count). The van der Waals surface area contributed by atoms with E-state index >= 15 is 0 Å². The molecule has 0 saturated heterocycles. The number of aromatic nitrogens is 4. The summed E-state index contributed by atoms with van der Waals surface area (Å²) in [4.78, 5) is 0. The summed E-state index contributed by atoms with van der Waals surface area (Å²) in [5, 5.41) is 19.4. The number of nitriles is 1. The zero-order valence-electron chi connectivity index (χ0n) is 12.0. The maximum atomic E-state index is 13.4. The SMILES string of the molecule is CC(F)c1cccc(Cn2cccc2-c2n[nH]nc2C#N)c1. The number of aromatic amines is 1. The van der Waals surface area contributed by atoms with Crippen molar-refractivity contribution in [3.8, 4) is 17.5 Å². The molecule has 0 aliphatic carbocycles. The van der Waals surface area contributed by atoms with Crippen LogP contribution in [0.5, 0.6) is 0 Å². The van der Waals surface area contributed by atoms with Crippen molar-refractivity contribution in [1.82, 2.24) is 20.0 Å². The Morgan fingerprint density at radius 2 is 2.18 bits per heavy atom. The second-order valence-corrected chi connectivity index (χ2v) is 5.01. The van der Waals surface area contributed by atoms with E-state index in [1.165, 1.54) is 6.92 Å². The van der Waals surface area contributed by atoms with Crippen LogP contribution in [0.25, 0.3) is 11.4 Å². The summed E-state index contributed by atoms with van der Waals surface area (Å²) in [5.74, 6) is 0. The van der Waals surface area contributed by atoms with Crippen molar-refractivity contribution < 1.29 is 4.39 Å². The Labute approximate surface area is 127 Å². The molecule has 0 aliphatic heterocycles. The summed E-state index contributed by atoms with van der Waals surface area (Å²) in [6.07, 6.45) is 0.904. The predicted octanol–water partition coefficient (Wildman–Crippen LogP) is 3.22. The summed E-state index contributed by atoms with van der Waals surface area (Å²) >= 11 is 0. The van der Waals surface area contributed by atoms with E-state index in [0.29, 0.717) is 17.8 Å². The van der Waals surface area contributed by atoms with Crippen LogP contribution in [0.1, 0.15) is 29.9 Å². The van der Waals surface area contributed by atoms with Crippen LogP contribution in [0, 0.1) is 11.3 Å². The molecular weight excluding hydrogens is 281 g/mol. The van der Waals surface area contributed by atoms with E-state index < -0.39 is 6.17 Å². The van der Waals surface area contributed by atoms with Gasteiger partial charge in [-0.15, -0.1) is 5.10 Å². The molecule has 0 fully saturated rings. The van der Waals surface area contributed by atoms with Crippen LogP contribution in [-0.2, 0) is 6.54 Å². The third-order valence-electron chi connectivity index (χ3n) is 3.49. The zero-order chi connectivity index (χ0) is 15.5. The van der Waals surface area contributed by atoms with Gasteiger partial charge in [-0.05, 0) is 30.2 Å². The Kier molecular flexibility index (Phi) is 3.71. The lowest BCUT2D eigenvalue weighted by Crippen LogP contribution is -2.02. The van der Waals surface area contributed by atoms with Crippen molar-refractivity contribution >= 4 is 0 Å². The number of halogens is 1. The number of hydrogen-bond acceptors (Lipinski definition) is 3. The molecule has 0 spiro atoms. The van der Waals surface area contributed by atoms with Gasteiger partial charge in [0.15, 0.2) is 5.69 Å². The molecule has 6 heteroatoms. The highest BCUT2D eigenvalue weighted by molar-refractivity contribution is 5.61. The van der Waals surface area contributed by atoms with E-state index in [0.717, 1.165) is 11.3 Å². The average molecular weight is 295 g/mol. The maximum Gasteiger partial charge on any atom is 0.191 e. The first kappa shape index (κ1) is 14.0. The van der Waals surface area contributed by atoms with Crippen molar-refractivity contribution in [2.24, 2.45) is 0 Å². The fourth-order valence-corrected chi connectivity index (χ4v) is 2.39. The first-order valence-electron chi connectivity index (χ1n) is 6.88. The minimum atomic E-state index is -0.996. The molecule has 0 amide bonds. The number of rotatable bonds is 4. The summed E-state index contributed by atoms with van der Waals surface area (Å²) in [5.41, 5.74) is 3.21. The molecule has 1 N–H and O–H groups in total. The van der Waals surface area contributed by atoms with Gasteiger partial charge in [0, 0.05) is 12.7 Å². The molecular formula is C16H14FN5. The van der Waals surface area contributed by atoms with Gasteiger partial charge in [0.05, 0.1) is 5.69 Å². The molecule has 2 heterocycles. The van der Waals surface area contributed by atoms with Gasteiger partial charge in [-0.1, -0.05) is 24.3 Å². The molecule has 1 aromatic carbocycles. The monoisotopic (exact) mass is 295 g/mol. The third-order valence-corrected chi connectivity index (χ3v) is 3.49. The highest BCUT2D eigenvalue weighted by Gasteiger charge is 2.14. The van der Waals surface area contributed by atoms with Gasteiger partial charge in [-0.25, -0.2) is 4.39 Å². The molecule has 0 radical (unpaired) electrons. The number of H-pyrrole nitrogens is 1. The average Bonchev–Trinajstić information content (AvgIpc) is 3.15. The summed E-state index contributed by atoms with van der Waals surface area (Å²) in [6, 6.07) is 13.2. The second-order valence-electron chi connectivity index (χ2n) is 5.01. The van der Waals surface area contributed by atoms with Crippen LogP contribution in [0.4, 0.5) is 4.39 Å². The summed E-state index contributed by atoms with van der Waals surface area (Å²) in [7, 11) is 0. The minimum absolute atomic E-state index is 0.256. The molecule has 0 bridgehead atoms. The van der Waals surface area contributed by atoms with Gasteiger partial charge in [-0.3, -0.25) is 0 Å². The van der Waals surface area contributed by atoms with E-state index in [2.05, 4.69) is 15.4 Å².